The number of likely N-dealkylation sites (tertiary alicyclic amines) is 1. The van der Waals surface area contributed by atoms with Crippen LogP contribution in [0.25, 0.3) is 16.5 Å². The number of carbonyl (C=O) groups excluding carboxylic acids is 2. The summed E-state index contributed by atoms with van der Waals surface area (Å²) in [5.74, 6) is 2.00. The fraction of sp³-hybridized carbons (Fsp3) is 0.370. The summed E-state index contributed by atoms with van der Waals surface area (Å²) in [7, 11) is 0. The lowest BCUT2D eigenvalue weighted by molar-refractivity contribution is -0.0357. The standard InChI is InChI=1S/C27H28N4O5/c1-14-20(27(34)30-13-21(32)15(30)2)12-31-25(14)22(8-9-29-31)36-18-6-7-19-23(10-18)35-16(3)24(19)26(33)28-11-17-4-5-17/h6-10,12,15,17,21,32H,4-5,11,13H2,1-3H3,(H,28,33)/t15-,21+/m1/s1. The molecule has 0 bridgehead atoms. The van der Waals surface area contributed by atoms with Crippen LogP contribution in [-0.2, 0) is 0 Å². The molecule has 1 aliphatic heterocycles. The van der Waals surface area contributed by atoms with E-state index in [0.717, 1.165) is 10.9 Å². The average Bonchev–Trinajstić information content (AvgIpc) is 3.55. The minimum absolute atomic E-state index is 0.118. The number of aliphatic hydroxyl groups excluding tert-OH is 1. The molecule has 4 aromatic rings. The highest BCUT2D eigenvalue weighted by Crippen LogP contribution is 2.35. The number of aryl methyl sites for hydroxylation is 2. The zero-order valence-corrected chi connectivity index (χ0v) is 20.4. The second kappa shape index (κ2) is 8.37. The molecule has 1 saturated heterocycles. The van der Waals surface area contributed by atoms with Gasteiger partial charge in [-0.15, -0.1) is 0 Å². The minimum Gasteiger partial charge on any atom is -0.460 e. The molecule has 9 nitrogen and oxygen atoms in total. The molecule has 1 aliphatic carbocycles. The normalized spacial score (nSPS) is 19.5. The Labute approximate surface area is 207 Å². The number of fused-ring (bicyclic) bond motifs is 2. The van der Waals surface area contributed by atoms with Crippen molar-refractivity contribution in [2.24, 2.45) is 5.92 Å². The molecule has 0 unspecified atom stereocenters. The Hall–Kier alpha value is -3.85. The number of aliphatic hydroxyl groups is 1. The summed E-state index contributed by atoms with van der Waals surface area (Å²) in [5, 5.41) is 17.9. The zero-order chi connectivity index (χ0) is 25.1. The fourth-order valence-electron chi connectivity index (χ4n) is 4.85. The lowest BCUT2D eigenvalue weighted by atomic mass is 9.99. The number of hydrogen-bond acceptors (Lipinski definition) is 6. The van der Waals surface area contributed by atoms with Gasteiger partial charge in [0, 0.05) is 36.8 Å². The molecule has 2 amide bonds. The van der Waals surface area contributed by atoms with E-state index in [9.17, 15) is 14.7 Å². The van der Waals surface area contributed by atoms with Gasteiger partial charge in [-0.3, -0.25) is 9.59 Å². The molecule has 2 fully saturated rings. The van der Waals surface area contributed by atoms with Gasteiger partial charge >= 0.3 is 0 Å². The number of furan rings is 1. The SMILES string of the molecule is Cc1oc2cc(Oc3ccnn4cc(C(=O)N5C[C@H](O)[C@H]5C)c(C)c34)ccc2c1C(=O)NCC1CC1. The van der Waals surface area contributed by atoms with E-state index in [1.165, 1.54) is 12.8 Å². The van der Waals surface area contributed by atoms with Gasteiger partial charge in [-0.05, 0) is 57.2 Å². The van der Waals surface area contributed by atoms with Crippen LogP contribution in [0.1, 0.15) is 51.8 Å². The fourth-order valence-corrected chi connectivity index (χ4v) is 4.85. The first kappa shape index (κ1) is 22.6. The summed E-state index contributed by atoms with van der Waals surface area (Å²) in [5.41, 5.74) is 3.09. The second-order valence-electron chi connectivity index (χ2n) is 9.87. The number of benzene rings is 1. The van der Waals surface area contributed by atoms with Crippen molar-refractivity contribution in [3.63, 3.8) is 0 Å². The van der Waals surface area contributed by atoms with Crippen LogP contribution in [0.15, 0.2) is 41.1 Å². The van der Waals surface area contributed by atoms with Crippen LogP contribution in [0.2, 0.25) is 0 Å². The second-order valence-corrected chi connectivity index (χ2v) is 9.87. The predicted octanol–water partition coefficient (Wildman–Crippen LogP) is 3.83. The molecule has 186 valence electrons. The maximum absolute atomic E-state index is 13.1. The topological polar surface area (TPSA) is 109 Å². The van der Waals surface area contributed by atoms with E-state index in [1.807, 2.05) is 19.9 Å². The van der Waals surface area contributed by atoms with Gasteiger partial charge in [-0.25, -0.2) is 4.52 Å². The molecule has 1 saturated carbocycles. The third-order valence-electron chi connectivity index (χ3n) is 7.35. The van der Waals surface area contributed by atoms with Crippen molar-refractivity contribution in [2.75, 3.05) is 13.1 Å². The van der Waals surface area contributed by atoms with Gasteiger partial charge in [-0.1, -0.05) is 0 Å². The quantitative estimate of drug-likeness (QED) is 0.427. The van der Waals surface area contributed by atoms with Crippen molar-refractivity contribution in [3.05, 3.63) is 59.1 Å². The van der Waals surface area contributed by atoms with Crippen LogP contribution >= 0.6 is 0 Å². The highest BCUT2D eigenvalue weighted by Gasteiger charge is 2.38. The van der Waals surface area contributed by atoms with Crippen molar-refractivity contribution in [1.82, 2.24) is 19.8 Å². The monoisotopic (exact) mass is 488 g/mol. The summed E-state index contributed by atoms with van der Waals surface area (Å²) in [6.45, 7) is 6.51. The van der Waals surface area contributed by atoms with Gasteiger partial charge in [0.2, 0.25) is 0 Å². The summed E-state index contributed by atoms with van der Waals surface area (Å²) >= 11 is 0. The molecule has 3 aromatic heterocycles. The van der Waals surface area contributed by atoms with E-state index in [1.54, 1.807) is 46.9 Å². The Kier molecular flexibility index (Phi) is 5.26. The molecule has 2 atom stereocenters. The Bertz CT molecular complexity index is 1520. The smallest absolute Gasteiger partial charge is 0.256 e. The lowest BCUT2D eigenvalue weighted by Crippen LogP contribution is -2.60. The highest BCUT2D eigenvalue weighted by atomic mass is 16.5. The number of nitrogens with zero attached hydrogens (tertiary/aromatic N) is 3. The first-order valence-corrected chi connectivity index (χ1v) is 12.3. The van der Waals surface area contributed by atoms with Crippen LogP contribution in [0.5, 0.6) is 11.5 Å². The van der Waals surface area contributed by atoms with Crippen molar-refractivity contribution in [2.45, 2.75) is 45.8 Å². The predicted molar refractivity (Wildman–Crippen MR) is 133 cm³/mol. The van der Waals surface area contributed by atoms with E-state index in [4.69, 9.17) is 9.15 Å². The Morgan fingerprint density at radius 3 is 2.78 bits per heavy atom. The third kappa shape index (κ3) is 3.71. The van der Waals surface area contributed by atoms with Crippen LogP contribution in [0.4, 0.5) is 0 Å². The van der Waals surface area contributed by atoms with Crippen LogP contribution in [-0.4, -0.2) is 56.7 Å². The summed E-state index contributed by atoms with van der Waals surface area (Å²) in [6, 6.07) is 6.94. The zero-order valence-electron chi connectivity index (χ0n) is 20.4. The summed E-state index contributed by atoms with van der Waals surface area (Å²) in [6.07, 6.45) is 5.16. The van der Waals surface area contributed by atoms with E-state index in [-0.39, 0.29) is 17.9 Å². The molecule has 4 heterocycles. The minimum atomic E-state index is -0.492. The van der Waals surface area contributed by atoms with Gasteiger partial charge in [0.25, 0.3) is 11.8 Å². The Morgan fingerprint density at radius 2 is 2.06 bits per heavy atom. The van der Waals surface area contributed by atoms with Crippen molar-refractivity contribution >= 4 is 28.3 Å². The number of nitrogens with one attached hydrogen (secondary N) is 1. The molecule has 1 aromatic carbocycles. The number of β-amino-alcohol motifs (C(OH)–C–C–N with tert-alkyl or cyclic N) is 1. The van der Waals surface area contributed by atoms with Crippen LogP contribution < -0.4 is 10.1 Å². The van der Waals surface area contributed by atoms with Gasteiger partial charge in [-0.2, -0.15) is 5.10 Å². The Balaban J connectivity index is 1.29. The highest BCUT2D eigenvalue weighted by molar-refractivity contribution is 6.07. The molecule has 0 radical (unpaired) electrons. The van der Waals surface area contributed by atoms with Gasteiger partial charge in [0.15, 0.2) is 5.75 Å². The summed E-state index contributed by atoms with van der Waals surface area (Å²) in [4.78, 5) is 27.5. The van der Waals surface area contributed by atoms with E-state index in [0.29, 0.717) is 58.5 Å². The van der Waals surface area contributed by atoms with Crippen LogP contribution in [0.3, 0.4) is 0 Å². The van der Waals surface area contributed by atoms with Crippen molar-refractivity contribution in [3.8, 4) is 11.5 Å². The molecule has 2 N–H and O–H groups in total. The third-order valence-corrected chi connectivity index (χ3v) is 7.35. The molecule has 2 aliphatic rings. The average molecular weight is 489 g/mol. The van der Waals surface area contributed by atoms with E-state index in [2.05, 4.69) is 10.4 Å². The van der Waals surface area contributed by atoms with E-state index < -0.39 is 6.10 Å². The molecule has 0 spiro atoms. The Morgan fingerprint density at radius 1 is 1.25 bits per heavy atom. The van der Waals surface area contributed by atoms with Crippen molar-refractivity contribution < 1.29 is 23.8 Å². The van der Waals surface area contributed by atoms with Crippen LogP contribution in [0, 0.1) is 19.8 Å². The molecule has 9 heteroatoms. The summed E-state index contributed by atoms with van der Waals surface area (Å²) < 4.78 is 13.8. The van der Waals surface area contributed by atoms with Gasteiger partial charge < -0.3 is 24.5 Å². The molecular formula is C27H28N4O5. The number of rotatable bonds is 6. The number of aromatic nitrogens is 2. The van der Waals surface area contributed by atoms with Gasteiger partial charge in [0.05, 0.1) is 29.5 Å². The molecule has 6 rings (SSSR count). The first-order valence-electron chi connectivity index (χ1n) is 12.3. The number of ether oxygens (including phenoxy) is 1. The maximum Gasteiger partial charge on any atom is 0.256 e. The maximum atomic E-state index is 13.1. The number of amides is 2. The van der Waals surface area contributed by atoms with Crippen molar-refractivity contribution in [1.29, 1.82) is 0 Å². The largest absolute Gasteiger partial charge is 0.460 e. The number of carbonyl (C=O) groups is 2. The molecule has 36 heavy (non-hydrogen) atoms. The molecular weight excluding hydrogens is 460 g/mol. The first-order chi connectivity index (χ1) is 17.3. The number of hydrogen-bond donors (Lipinski definition) is 2. The lowest BCUT2D eigenvalue weighted by Gasteiger charge is -2.43. The van der Waals surface area contributed by atoms with E-state index >= 15 is 0 Å². The van der Waals surface area contributed by atoms with Gasteiger partial charge in [0.1, 0.15) is 22.6 Å².